The van der Waals surface area contributed by atoms with Gasteiger partial charge < -0.3 is 19.5 Å². The Labute approximate surface area is 193 Å². The Hall–Kier alpha value is -4.02. The van der Waals surface area contributed by atoms with E-state index in [0.717, 1.165) is 10.8 Å². The number of hydrogen-bond donors (Lipinski definition) is 4. The van der Waals surface area contributed by atoms with Crippen molar-refractivity contribution in [2.75, 3.05) is 10.6 Å². The van der Waals surface area contributed by atoms with Crippen LogP contribution in [0.1, 0.15) is 21.1 Å². The van der Waals surface area contributed by atoms with Crippen LogP contribution in [0, 0.1) is 0 Å². The van der Waals surface area contributed by atoms with Crippen molar-refractivity contribution in [2.45, 2.75) is 0 Å². The molecule has 160 valence electrons. The van der Waals surface area contributed by atoms with Gasteiger partial charge in [0.2, 0.25) is 0 Å². The molecule has 8 nitrogen and oxygen atoms in total. The number of amides is 2. The first-order valence-corrected chi connectivity index (χ1v) is 10.2. The van der Waals surface area contributed by atoms with Crippen molar-refractivity contribution in [1.29, 1.82) is 0 Å². The van der Waals surface area contributed by atoms with Crippen LogP contribution in [0.15, 0.2) is 82.0 Å². The first-order valence-electron chi connectivity index (χ1n) is 9.34. The lowest BCUT2D eigenvalue weighted by atomic mass is 10.1. The highest BCUT2D eigenvalue weighted by atomic mass is 32.1. The molecule has 2 amide bonds. The van der Waals surface area contributed by atoms with E-state index in [-0.39, 0.29) is 21.7 Å². The van der Waals surface area contributed by atoms with Crippen molar-refractivity contribution in [3.8, 4) is 0 Å². The number of benzene rings is 2. The second-order valence-electron chi connectivity index (χ2n) is 6.48. The average Bonchev–Trinajstić information content (AvgIpc) is 3.48. The molecule has 4 N–H and O–H groups in total. The van der Waals surface area contributed by atoms with E-state index < -0.39 is 11.8 Å². The van der Waals surface area contributed by atoms with E-state index in [1.54, 1.807) is 12.1 Å². The number of fused-ring (bicyclic) bond motifs is 1. The lowest BCUT2D eigenvalue weighted by molar-refractivity contribution is 0.0943. The minimum atomic E-state index is -0.465. The van der Waals surface area contributed by atoms with E-state index in [4.69, 9.17) is 33.3 Å². The van der Waals surface area contributed by atoms with Gasteiger partial charge in [-0.1, -0.05) is 24.3 Å². The highest BCUT2D eigenvalue weighted by Crippen LogP contribution is 2.30. The van der Waals surface area contributed by atoms with Gasteiger partial charge in [-0.15, -0.1) is 0 Å². The van der Waals surface area contributed by atoms with Gasteiger partial charge in [-0.05, 0) is 66.2 Å². The van der Waals surface area contributed by atoms with Crippen molar-refractivity contribution in [3.05, 3.63) is 84.7 Å². The fourth-order valence-electron chi connectivity index (χ4n) is 3.00. The third-order valence-corrected chi connectivity index (χ3v) is 4.75. The Morgan fingerprint density at radius 2 is 1.12 bits per heavy atom. The maximum absolute atomic E-state index is 12.2. The summed E-state index contributed by atoms with van der Waals surface area (Å²) in [5.41, 5.74) is 1.27. The van der Waals surface area contributed by atoms with Crippen LogP contribution >= 0.6 is 24.4 Å². The van der Waals surface area contributed by atoms with E-state index in [0.29, 0.717) is 11.4 Å². The zero-order valence-electron chi connectivity index (χ0n) is 16.4. The van der Waals surface area contributed by atoms with Crippen LogP contribution in [0.25, 0.3) is 10.8 Å². The Morgan fingerprint density at radius 1 is 0.656 bits per heavy atom. The summed E-state index contributed by atoms with van der Waals surface area (Å²) in [6, 6.07) is 17.5. The quantitative estimate of drug-likeness (QED) is 0.332. The molecule has 0 saturated heterocycles. The molecule has 0 unspecified atom stereocenters. The minimum absolute atomic E-state index is 0.0994. The molecule has 0 atom stereocenters. The van der Waals surface area contributed by atoms with Crippen molar-refractivity contribution in [3.63, 3.8) is 0 Å². The number of anilines is 2. The number of furan rings is 2. The molecule has 2 aromatic carbocycles. The topological polar surface area (TPSA) is 109 Å². The van der Waals surface area contributed by atoms with Gasteiger partial charge in [0.15, 0.2) is 21.7 Å². The lowest BCUT2D eigenvalue weighted by Gasteiger charge is -2.16. The molecular weight excluding hydrogens is 448 g/mol. The number of hydrogen-bond acceptors (Lipinski definition) is 6. The highest BCUT2D eigenvalue weighted by Gasteiger charge is 2.14. The van der Waals surface area contributed by atoms with E-state index in [1.165, 1.54) is 24.7 Å². The molecule has 32 heavy (non-hydrogen) atoms. The minimum Gasteiger partial charge on any atom is -0.459 e. The number of carbonyl (C=O) groups is 2. The Kier molecular flexibility index (Phi) is 6.24. The second kappa shape index (κ2) is 9.41. The zero-order chi connectivity index (χ0) is 22.5. The summed E-state index contributed by atoms with van der Waals surface area (Å²) in [4.78, 5) is 24.3. The van der Waals surface area contributed by atoms with Gasteiger partial charge in [-0.2, -0.15) is 0 Å². The van der Waals surface area contributed by atoms with Crippen LogP contribution in [-0.2, 0) is 0 Å². The van der Waals surface area contributed by atoms with E-state index >= 15 is 0 Å². The summed E-state index contributed by atoms with van der Waals surface area (Å²) in [5.74, 6) is -0.639. The SMILES string of the molecule is O=C(NC(=S)Nc1cccc2cccc(NC(=S)NC(=O)c3ccco3)c12)c1ccco1. The van der Waals surface area contributed by atoms with Crippen LogP contribution in [0.4, 0.5) is 11.4 Å². The summed E-state index contributed by atoms with van der Waals surface area (Å²) in [6.07, 6.45) is 2.81. The summed E-state index contributed by atoms with van der Waals surface area (Å²) in [5, 5.41) is 13.0. The Balaban J connectivity index is 1.52. The average molecular weight is 465 g/mol. The first kappa shape index (κ1) is 21.2. The standard InChI is InChI=1S/C22H16N4O4S2/c27-19(16-9-3-11-29-16)25-21(31)23-14-7-1-5-13-6-2-8-15(18(13)14)24-22(32)26-20(28)17-10-4-12-30-17/h1-12H,(H2,23,25,27,31)(H2,24,26,28,32). The van der Waals surface area contributed by atoms with E-state index in [1.807, 2.05) is 36.4 Å². The number of carbonyl (C=O) groups excluding carboxylic acids is 2. The zero-order valence-corrected chi connectivity index (χ0v) is 18.0. The maximum Gasteiger partial charge on any atom is 0.293 e. The molecule has 2 aromatic heterocycles. The molecule has 0 fully saturated rings. The van der Waals surface area contributed by atoms with Crippen LogP contribution in [0.3, 0.4) is 0 Å². The molecule has 4 aromatic rings. The molecule has 4 rings (SSSR count). The third kappa shape index (κ3) is 4.82. The van der Waals surface area contributed by atoms with Crippen molar-refractivity contribution in [1.82, 2.24) is 10.6 Å². The van der Waals surface area contributed by atoms with E-state index in [9.17, 15) is 9.59 Å². The fraction of sp³-hybridized carbons (Fsp3) is 0. The smallest absolute Gasteiger partial charge is 0.293 e. The maximum atomic E-state index is 12.2. The Bertz CT molecular complexity index is 1200. The summed E-state index contributed by atoms with van der Waals surface area (Å²) >= 11 is 10.6. The monoisotopic (exact) mass is 464 g/mol. The number of nitrogens with one attached hydrogen (secondary N) is 4. The molecule has 0 spiro atoms. The van der Waals surface area contributed by atoms with Gasteiger partial charge in [0, 0.05) is 5.39 Å². The molecule has 2 heterocycles. The third-order valence-electron chi connectivity index (χ3n) is 4.35. The molecule has 10 heteroatoms. The highest BCUT2D eigenvalue weighted by molar-refractivity contribution is 7.80. The fourth-order valence-corrected chi connectivity index (χ4v) is 3.41. The number of rotatable bonds is 4. The molecule has 0 radical (unpaired) electrons. The number of thiocarbonyl (C=S) groups is 2. The molecular formula is C22H16N4O4S2. The lowest BCUT2D eigenvalue weighted by Crippen LogP contribution is -2.34. The van der Waals surface area contributed by atoms with Crippen molar-refractivity contribution in [2.24, 2.45) is 0 Å². The van der Waals surface area contributed by atoms with Crippen molar-refractivity contribution >= 4 is 68.6 Å². The second-order valence-corrected chi connectivity index (χ2v) is 7.30. The predicted molar refractivity (Wildman–Crippen MR) is 129 cm³/mol. The largest absolute Gasteiger partial charge is 0.459 e. The van der Waals surface area contributed by atoms with Crippen LogP contribution in [0.5, 0.6) is 0 Å². The van der Waals surface area contributed by atoms with Gasteiger partial charge in [0.25, 0.3) is 11.8 Å². The molecule has 0 bridgehead atoms. The molecule has 0 aliphatic rings. The van der Waals surface area contributed by atoms with Gasteiger partial charge in [-0.3, -0.25) is 20.2 Å². The first-order chi connectivity index (χ1) is 15.5. The summed E-state index contributed by atoms with van der Waals surface area (Å²) < 4.78 is 10.1. The van der Waals surface area contributed by atoms with Gasteiger partial charge in [-0.25, -0.2) is 0 Å². The van der Waals surface area contributed by atoms with Crippen LogP contribution in [0.2, 0.25) is 0 Å². The molecule has 0 aliphatic heterocycles. The van der Waals surface area contributed by atoms with Gasteiger partial charge in [0.05, 0.1) is 23.9 Å². The predicted octanol–water partition coefficient (Wildman–Crippen LogP) is 4.28. The van der Waals surface area contributed by atoms with Gasteiger partial charge >= 0.3 is 0 Å². The summed E-state index contributed by atoms with van der Waals surface area (Å²) in [6.45, 7) is 0. The normalized spacial score (nSPS) is 10.4. The van der Waals surface area contributed by atoms with Gasteiger partial charge in [0.1, 0.15) is 0 Å². The van der Waals surface area contributed by atoms with Crippen molar-refractivity contribution < 1.29 is 18.4 Å². The van der Waals surface area contributed by atoms with Crippen LogP contribution < -0.4 is 21.3 Å². The summed E-state index contributed by atoms with van der Waals surface area (Å²) in [7, 11) is 0. The Morgan fingerprint density at radius 3 is 1.53 bits per heavy atom. The van der Waals surface area contributed by atoms with Crippen LogP contribution in [-0.4, -0.2) is 22.0 Å². The molecule has 0 aliphatic carbocycles. The molecule has 0 saturated carbocycles. The van der Waals surface area contributed by atoms with E-state index in [2.05, 4.69) is 21.3 Å².